The Labute approximate surface area is 320 Å². The number of ether oxygens (including phenoxy) is 2. The first-order valence-corrected chi connectivity index (χ1v) is 19.5. The highest BCUT2D eigenvalue weighted by Gasteiger charge is 2.35. The van der Waals surface area contributed by atoms with Crippen LogP contribution in [0.2, 0.25) is 0 Å². The zero-order valence-corrected chi connectivity index (χ0v) is 32.1. The molecular weight excluding hydrogens is 679 g/mol. The van der Waals surface area contributed by atoms with Gasteiger partial charge in [-0.05, 0) is 124 Å². The third-order valence-electron chi connectivity index (χ3n) is 11.6. The number of furan rings is 1. The highest BCUT2D eigenvalue weighted by atomic mass is 16.5. The van der Waals surface area contributed by atoms with Crippen molar-refractivity contribution in [1.82, 2.24) is 9.80 Å². The third kappa shape index (κ3) is 10.1. The van der Waals surface area contributed by atoms with Gasteiger partial charge in [-0.15, -0.1) is 0 Å². The lowest BCUT2D eigenvalue weighted by molar-refractivity contribution is 0.0592. The van der Waals surface area contributed by atoms with Crippen LogP contribution in [0.4, 0.5) is 5.69 Å². The van der Waals surface area contributed by atoms with Crippen molar-refractivity contribution in [2.24, 2.45) is 5.41 Å². The van der Waals surface area contributed by atoms with Crippen LogP contribution in [0.15, 0.2) is 95.6 Å². The van der Waals surface area contributed by atoms with Crippen molar-refractivity contribution in [3.63, 3.8) is 0 Å². The lowest BCUT2D eigenvalue weighted by Gasteiger charge is -2.42. The van der Waals surface area contributed by atoms with Crippen LogP contribution in [0.5, 0.6) is 0 Å². The second-order valence-corrected chi connectivity index (χ2v) is 15.2. The first-order chi connectivity index (χ1) is 26.3. The maximum absolute atomic E-state index is 13.7. The van der Waals surface area contributed by atoms with Crippen LogP contribution in [0.25, 0.3) is 0 Å². The van der Waals surface area contributed by atoms with Gasteiger partial charge in [0.1, 0.15) is 0 Å². The Bertz CT molecular complexity index is 1730. The minimum Gasteiger partial charge on any atom is -0.465 e. The Hall–Kier alpha value is -4.73. The quantitative estimate of drug-likeness (QED) is 0.112. The number of methoxy groups -OCH3 is 2. The van der Waals surface area contributed by atoms with Gasteiger partial charge >= 0.3 is 11.9 Å². The fourth-order valence-corrected chi connectivity index (χ4v) is 8.30. The lowest BCUT2D eigenvalue weighted by Crippen LogP contribution is -2.48. The summed E-state index contributed by atoms with van der Waals surface area (Å²) in [5.74, 6) is -0.369. The van der Waals surface area contributed by atoms with E-state index in [4.69, 9.17) is 13.9 Å². The van der Waals surface area contributed by atoms with Crippen LogP contribution < -0.4 is 4.90 Å². The largest absolute Gasteiger partial charge is 0.465 e. The molecule has 1 saturated carbocycles. The molecule has 1 aliphatic carbocycles. The molecule has 6 rings (SSSR count). The molecular formula is C45H55N3O6. The van der Waals surface area contributed by atoms with Crippen molar-refractivity contribution in [2.75, 3.05) is 45.3 Å². The smallest absolute Gasteiger partial charge is 0.337 e. The molecule has 9 heteroatoms. The van der Waals surface area contributed by atoms with Crippen molar-refractivity contribution < 1.29 is 28.3 Å². The molecule has 2 heterocycles. The average Bonchev–Trinajstić information content (AvgIpc) is 3.76. The summed E-state index contributed by atoms with van der Waals surface area (Å²) in [4.78, 5) is 44.9. The summed E-state index contributed by atoms with van der Waals surface area (Å²) in [7, 11) is 2.80. The standard InChI is InChI=1S/C45H55N3O6/c1-34-9-19-39(20-10-34)48(42(49)41-8-7-31-54-41)40-21-27-46(28-22-40)29-25-45(23-5-4-6-24-45)26-30-47(32-35-11-15-37(16-12-35)43(50)52-2)33-36-13-17-38(18-14-36)44(51)53-3/h7-20,31,40H,4-6,21-30,32-33H2,1-3H3. The zero-order valence-electron chi connectivity index (χ0n) is 32.1. The normalized spacial score (nSPS) is 16.2. The maximum Gasteiger partial charge on any atom is 0.337 e. The molecule has 0 bridgehead atoms. The summed E-state index contributed by atoms with van der Waals surface area (Å²) in [5, 5.41) is 0. The van der Waals surface area contributed by atoms with Crippen LogP contribution in [0.1, 0.15) is 106 Å². The molecule has 1 amide bonds. The first-order valence-electron chi connectivity index (χ1n) is 19.5. The topological polar surface area (TPSA) is 92.5 Å². The van der Waals surface area contributed by atoms with E-state index in [1.54, 1.807) is 18.4 Å². The summed E-state index contributed by atoms with van der Waals surface area (Å²) in [6, 6.07) is 27.3. The van der Waals surface area contributed by atoms with Crippen molar-refractivity contribution in [3.8, 4) is 0 Å². The molecule has 0 radical (unpaired) electrons. The predicted molar refractivity (Wildman–Crippen MR) is 211 cm³/mol. The van der Waals surface area contributed by atoms with E-state index in [1.165, 1.54) is 58.3 Å². The molecule has 1 saturated heterocycles. The van der Waals surface area contributed by atoms with Gasteiger partial charge in [-0.25, -0.2) is 9.59 Å². The molecule has 1 aliphatic heterocycles. The summed E-state index contributed by atoms with van der Waals surface area (Å²) in [6.07, 6.45) is 12.0. The van der Waals surface area contributed by atoms with E-state index in [9.17, 15) is 14.4 Å². The molecule has 2 aliphatic rings. The number of esters is 2. The number of hydrogen-bond donors (Lipinski definition) is 0. The SMILES string of the molecule is COC(=O)c1ccc(CN(CCC2(CCN3CCC(N(C(=O)c4ccco4)c4ccc(C)cc4)CC3)CCCCC2)Cc2ccc(C(=O)OC)cc2)cc1. The Morgan fingerprint density at radius 1 is 0.759 bits per heavy atom. The van der Waals surface area contributed by atoms with Gasteiger partial charge in [-0.3, -0.25) is 9.69 Å². The minimum atomic E-state index is -0.335. The molecule has 1 aromatic heterocycles. The van der Waals surface area contributed by atoms with E-state index in [1.807, 2.05) is 65.6 Å². The molecule has 0 spiro atoms. The summed E-state index contributed by atoms with van der Waals surface area (Å²) in [5.41, 5.74) is 5.73. The van der Waals surface area contributed by atoms with Gasteiger partial charge < -0.3 is 23.7 Å². The molecule has 0 N–H and O–H groups in total. The highest BCUT2D eigenvalue weighted by molar-refractivity contribution is 6.04. The molecule has 0 atom stereocenters. The van der Waals surface area contributed by atoms with Crippen LogP contribution in [0.3, 0.4) is 0 Å². The predicted octanol–water partition coefficient (Wildman–Crippen LogP) is 8.71. The number of carbonyl (C=O) groups is 3. The van der Waals surface area contributed by atoms with Crippen molar-refractivity contribution in [2.45, 2.75) is 83.8 Å². The van der Waals surface area contributed by atoms with Crippen LogP contribution >= 0.6 is 0 Å². The van der Waals surface area contributed by atoms with Gasteiger partial charge in [0.15, 0.2) is 5.76 Å². The van der Waals surface area contributed by atoms with Crippen LogP contribution in [-0.2, 0) is 22.6 Å². The number of carbonyl (C=O) groups excluding carboxylic acids is 3. The molecule has 0 unspecified atom stereocenters. The summed E-state index contributed by atoms with van der Waals surface area (Å²) < 4.78 is 15.4. The number of nitrogens with zero attached hydrogens (tertiary/aromatic N) is 3. The Morgan fingerprint density at radius 2 is 1.33 bits per heavy atom. The van der Waals surface area contributed by atoms with E-state index in [-0.39, 0.29) is 29.3 Å². The average molecular weight is 734 g/mol. The second-order valence-electron chi connectivity index (χ2n) is 15.2. The number of aryl methyl sites for hydroxylation is 1. The number of likely N-dealkylation sites (tertiary alicyclic amines) is 1. The van der Waals surface area contributed by atoms with Gasteiger partial charge in [0.25, 0.3) is 5.91 Å². The van der Waals surface area contributed by atoms with E-state index >= 15 is 0 Å². The van der Waals surface area contributed by atoms with E-state index in [0.717, 1.165) is 75.3 Å². The van der Waals surface area contributed by atoms with Crippen molar-refractivity contribution >= 4 is 23.5 Å². The van der Waals surface area contributed by atoms with Crippen LogP contribution in [0, 0.1) is 12.3 Å². The fourth-order valence-electron chi connectivity index (χ4n) is 8.30. The fraction of sp³-hybridized carbons (Fsp3) is 0.444. The van der Waals surface area contributed by atoms with Crippen molar-refractivity contribution in [1.29, 1.82) is 0 Å². The highest BCUT2D eigenvalue weighted by Crippen LogP contribution is 2.43. The van der Waals surface area contributed by atoms with Gasteiger partial charge in [0, 0.05) is 37.9 Å². The van der Waals surface area contributed by atoms with E-state index in [0.29, 0.717) is 16.9 Å². The summed E-state index contributed by atoms with van der Waals surface area (Å²) >= 11 is 0. The Kier molecular flexibility index (Phi) is 13.4. The lowest BCUT2D eigenvalue weighted by atomic mass is 9.69. The molecule has 4 aromatic rings. The molecule has 54 heavy (non-hydrogen) atoms. The number of anilines is 1. The number of rotatable bonds is 15. The maximum atomic E-state index is 13.7. The van der Waals surface area contributed by atoms with E-state index < -0.39 is 0 Å². The minimum absolute atomic E-state index is 0.0770. The number of benzene rings is 3. The number of hydrogen-bond acceptors (Lipinski definition) is 8. The monoisotopic (exact) mass is 733 g/mol. The number of amides is 1. The van der Waals surface area contributed by atoms with Crippen molar-refractivity contribution in [3.05, 3.63) is 125 Å². The molecule has 3 aromatic carbocycles. The summed E-state index contributed by atoms with van der Waals surface area (Å²) in [6.45, 7) is 7.49. The Balaban J connectivity index is 1.11. The zero-order chi connectivity index (χ0) is 37.9. The van der Waals surface area contributed by atoms with Gasteiger partial charge in [-0.1, -0.05) is 61.2 Å². The molecule has 2 fully saturated rings. The molecule has 9 nitrogen and oxygen atoms in total. The number of piperidine rings is 1. The van der Waals surface area contributed by atoms with Gasteiger partial charge in [-0.2, -0.15) is 0 Å². The molecule has 286 valence electrons. The van der Waals surface area contributed by atoms with Gasteiger partial charge in [0.2, 0.25) is 0 Å². The van der Waals surface area contributed by atoms with Crippen LogP contribution in [-0.4, -0.2) is 74.1 Å². The third-order valence-corrected chi connectivity index (χ3v) is 11.6. The first kappa shape index (κ1) is 39.0. The Morgan fingerprint density at radius 3 is 1.85 bits per heavy atom. The van der Waals surface area contributed by atoms with Gasteiger partial charge in [0.05, 0.1) is 31.6 Å². The second kappa shape index (κ2) is 18.5. The van der Waals surface area contributed by atoms with E-state index in [2.05, 4.69) is 28.9 Å².